The van der Waals surface area contributed by atoms with Gasteiger partial charge in [-0.25, -0.2) is 0 Å². The number of hydrogen-bond donors (Lipinski definition) is 1. The van der Waals surface area contributed by atoms with E-state index in [1.807, 2.05) is 0 Å². The second-order valence-corrected chi connectivity index (χ2v) is 2.62. The predicted molar refractivity (Wildman–Crippen MR) is 42.5 cm³/mol. The maximum atomic E-state index is 5.03. The summed E-state index contributed by atoms with van der Waals surface area (Å²) in [5, 5.41) is 2.86. The monoisotopic (exact) mass is 138 g/mol. The first-order valence-corrected chi connectivity index (χ1v) is 3.84. The molecule has 1 heterocycles. The molecule has 1 N–H and O–H groups in total. The smallest absolute Gasteiger partial charge is 0.0357 e. The van der Waals surface area contributed by atoms with Crippen LogP contribution in [0.5, 0.6) is 0 Å². The van der Waals surface area contributed by atoms with Crippen molar-refractivity contribution in [3.05, 3.63) is 0 Å². The summed E-state index contributed by atoms with van der Waals surface area (Å²) < 4.78 is 0. The molecular weight excluding hydrogens is 124 g/mol. The van der Waals surface area contributed by atoms with Crippen LogP contribution in [-0.4, -0.2) is 31.1 Å². The van der Waals surface area contributed by atoms with E-state index in [-0.39, 0.29) is 0 Å². The molecule has 2 heteroatoms. The lowest BCUT2D eigenvalue weighted by Crippen LogP contribution is -2.27. The molecule has 0 aromatic heterocycles. The molecule has 0 aromatic carbocycles. The average molecular weight is 138 g/mol. The fraction of sp³-hybridized carbons (Fsp3) is 0.750. The van der Waals surface area contributed by atoms with E-state index in [1.54, 1.807) is 0 Å². The van der Waals surface area contributed by atoms with Crippen LogP contribution < -0.4 is 5.32 Å². The van der Waals surface area contributed by atoms with Gasteiger partial charge >= 0.3 is 0 Å². The molecule has 56 valence electrons. The van der Waals surface area contributed by atoms with Gasteiger partial charge in [-0.1, -0.05) is 6.42 Å². The summed E-state index contributed by atoms with van der Waals surface area (Å²) >= 11 is 0. The van der Waals surface area contributed by atoms with Crippen molar-refractivity contribution in [2.24, 2.45) is 0 Å². The Kier molecular flexibility index (Phi) is 3.11. The highest BCUT2D eigenvalue weighted by atomic mass is 15.1. The van der Waals surface area contributed by atoms with Crippen molar-refractivity contribution >= 4 is 0 Å². The van der Waals surface area contributed by atoms with Gasteiger partial charge in [0, 0.05) is 19.1 Å². The Hall–Kier alpha value is -0.680. The number of likely N-dealkylation sites (tertiary alicyclic amines) is 1. The van der Waals surface area contributed by atoms with E-state index in [9.17, 15) is 0 Å². The lowest BCUT2D eigenvalue weighted by Gasteiger charge is -2.12. The number of nitrogens with one attached hydrogen (secondary N) is 1. The topological polar surface area (TPSA) is 15.3 Å². The van der Waals surface area contributed by atoms with E-state index in [2.05, 4.69) is 16.3 Å². The molecule has 0 bridgehead atoms. The molecule has 1 aliphatic rings. The van der Waals surface area contributed by atoms with Crippen molar-refractivity contribution in [2.75, 3.05) is 26.2 Å². The van der Waals surface area contributed by atoms with Crippen molar-refractivity contribution in [2.45, 2.75) is 12.8 Å². The Balaban J connectivity index is 1.97. The van der Waals surface area contributed by atoms with Crippen LogP contribution >= 0.6 is 0 Å². The van der Waals surface area contributed by atoms with Crippen LogP contribution in [0.4, 0.5) is 0 Å². The van der Waals surface area contributed by atoms with Crippen LogP contribution in [-0.2, 0) is 0 Å². The Bertz CT molecular complexity index is 120. The molecule has 1 aliphatic heterocycles. The van der Waals surface area contributed by atoms with Gasteiger partial charge in [0.2, 0.25) is 0 Å². The molecule has 0 aromatic rings. The summed E-state index contributed by atoms with van der Waals surface area (Å²) in [5.74, 6) is 0. The van der Waals surface area contributed by atoms with Crippen LogP contribution in [0, 0.1) is 12.5 Å². The highest BCUT2D eigenvalue weighted by Crippen LogP contribution is 2.05. The first kappa shape index (κ1) is 7.43. The van der Waals surface area contributed by atoms with E-state index < -0.39 is 0 Å². The Morgan fingerprint density at radius 1 is 1.40 bits per heavy atom. The minimum absolute atomic E-state index is 0.927. The highest BCUT2D eigenvalue weighted by molar-refractivity contribution is 4.80. The first-order valence-electron chi connectivity index (χ1n) is 3.84. The van der Waals surface area contributed by atoms with Gasteiger partial charge in [-0.15, -0.1) is 0 Å². The second-order valence-electron chi connectivity index (χ2n) is 2.62. The van der Waals surface area contributed by atoms with Crippen LogP contribution in [0.1, 0.15) is 12.8 Å². The lowest BCUT2D eigenvalue weighted by molar-refractivity contribution is 0.343. The lowest BCUT2D eigenvalue weighted by atomic mass is 10.4. The summed E-state index contributed by atoms with van der Waals surface area (Å²) in [6.07, 6.45) is 7.75. The van der Waals surface area contributed by atoms with Gasteiger partial charge < -0.3 is 10.2 Å². The average Bonchev–Trinajstić information content (AvgIpc) is 2.41. The first-order chi connectivity index (χ1) is 4.93. The third-order valence-corrected chi connectivity index (χ3v) is 1.85. The number of nitrogens with zero attached hydrogens (tertiary/aromatic N) is 1. The molecule has 0 unspecified atom stereocenters. The molecule has 0 amide bonds. The third-order valence-electron chi connectivity index (χ3n) is 1.85. The minimum atomic E-state index is 0.927. The molecule has 0 spiro atoms. The molecule has 10 heavy (non-hydrogen) atoms. The second kappa shape index (κ2) is 4.19. The van der Waals surface area contributed by atoms with Crippen molar-refractivity contribution < 1.29 is 0 Å². The van der Waals surface area contributed by atoms with Crippen LogP contribution in [0.15, 0.2) is 0 Å². The van der Waals surface area contributed by atoms with Gasteiger partial charge in [0.25, 0.3) is 0 Å². The summed E-state index contributed by atoms with van der Waals surface area (Å²) in [7, 11) is 0. The minimum Gasteiger partial charge on any atom is -0.345 e. The van der Waals surface area contributed by atoms with Crippen molar-refractivity contribution in [3.63, 3.8) is 0 Å². The molecule has 1 rings (SSSR count). The standard InChI is InChI=1S/C8H14N2/c1-2-9-5-8-10-6-3-4-7-10/h1,9H,3-8H2. The fourth-order valence-electron chi connectivity index (χ4n) is 1.29. The maximum absolute atomic E-state index is 5.03. The van der Waals surface area contributed by atoms with Crippen LogP contribution in [0.3, 0.4) is 0 Å². The van der Waals surface area contributed by atoms with E-state index >= 15 is 0 Å². The SMILES string of the molecule is C#CNCCN1CCCC1. The molecule has 0 atom stereocenters. The fourth-order valence-corrected chi connectivity index (χ4v) is 1.29. The molecule has 0 saturated carbocycles. The Morgan fingerprint density at radius 2 is 2.10 bits per heavy atom. The largest absolute Gasteiger partial charge is 0.345 e. The molecule has 2 nitrogen and oxygen atoms in total. The van der Waals surface area contributed by atoms with Crippen LogP contribution in [0.2, 0.25) is 0 Å². The summed E-state index contributed by atoms with van der Waals surface area (Å²) in [6, 6.07) is 2.41. The zero-order valence-corrected chi connectivity index (χ0v) is 6.27. The third kappa shape index (κ3) is 2.28. The van der Waals surface area contributed by atoms with Crippen molar-refractivity contribution in [3.8, 4) is 12.5 Å². The quantitative estimate of drug-likeness (QED) is 0.342. The zero-order valence-electron chi connectivity index (χ0n) is 6.27. The van der Waals surface area contributed by atoms with Crippen molar-refractivity contribution in [1.29, 1.82) is 0 Å². The van der Waals surface area contributed by atoms with Gasteiger partial charge in [-0.05, 0) is 25.9 Å². The maximum Gasteiger partial charge on any atom is 0.0357 e. The highest BCUT2D eigenvalue weighted by Gasteiger charge is 2.09. The predicted octanol–water partition coefficient (Wildman–Crippen LogP) is 0.262. The number of terminal acetylenes is 1. The van der Waals surface area contributed by atoms with E-state index in [0.717, 1.165) is 13.1 Å². The number of hydrogen-bond acceptors (Lipinski definition) is 2. The van der Waals surface area contributed by atoms with E-state index in [0.29, 0.717) is 0 Å². The molecule has 0 aliphatic carbocycles. The zero-order chi connectivity index (χ0) is 7.23. The molecular formula is C8H14N2. The van der Waals surface area contributed by atoms with Gasteiger partial charge in [-0.3, -0.25) is 0 Å². The molecule has 0 radical (unpaired) electrons. The Labute approximate surface area is 62.6 Å². The number of rotatable bonds is 3. The van der Waals surface area contributed by atoms with Gasteiger partial charge in [0.15, 0.2) is 0 Å². The van der Waals surface area contributed by atoms with Crippen molar-refractivity contribution in [1.82, 2.24) is 10.2 Å². The summed E-state index contributed by atoms with van der Waals surface area (Å²) in [5.41, 5.74) is 0. The normalized spacial score (nSPS) is 18.7. The van der Waals surface area contributed by atoms with E-state index in [1.165, 1.54) is 25.9 Å². The Morgan fingerprint density at radius 3 is 2.70 bits per heavy atom. The molecule has 1 saturated heterocycles. The van der Waals surface area contributed by atoms with E-state index in [4.69, 9.17) is 6.42 Å². The summed E-state index contributed by atoms with van der Waals surface area (Å²) in [6.45, 7) is 4.54. The van der Waals surface area contributed by atoms with Gasteiger partial charge in [-0.2, -0.15) is 0 Å². The molecule has 1 fully saturated rings. The van der Waals surface area contributed by atoms with Gasteiger partial charge in [0.1, 0.15) is 0 Å². The van der Waals surface area contributed by atoms with Crippen LogP contribution in [0.25, 0.3) is 0 Å². The summed E-state index contributed by atoms with van der Waals surface area (Å²) in [4.78, 5) is 2.43. The van der Waals surface area contributed by atoms with Gasteiger partial charge in [0.05, 0.1) is 0 Å².